The molecule has 0 N–H and O–H groups in total. The minimum absolute atomic E-state index is 0.798. The maximum Gasteiger partial charge on any atom is 0.0502 e. The van der Waals surface area contributed by atoms with Crippen LogP contribution in [0.25, 0.3) is 0 Å². The fourth-order valence-electron chi connectivity index (χ4n) is 2.65. The zero-order valence-corrected chi connectivity index (χ0v) is 19.6. The Morgan fingerprint density at radius 2 is 1.16 bits per heavy atom. The van der Waals surface area contributed by atoms with Crippen LogP contribution in [0.1, 0.15) is 11.1 Å². The SMILES string of the molecule is BrCc1ccc(N(c2ccc(Br)cc2)c2ccc(Br)cc2)c(CBr)c1. The fraction of sp³-hybridized carbons (Fsp3) is 0.100. The van der Waals surface area contributed by atoms with Gasteiger partial charge >= 0.3 is 0 Å². The van der Waals surface area contributed by atoms with Crippen LogP contribution < -0.4 is 4.90 Å². The molecule has 0 heterocycles. The zero-order valence-electron chi connectivity index (χ0n) is 13.2. The molecule has 0 atom stereocenters. The lowest BCUT2D eigenvalue weighted by molar-refractivity contribution is 1.23. The molecule has 0 fully saturated rings. The van der Waals surface area contributed by atoms with E-state index in [1.54, 1.807) is 0 Å². The van der Waals surface area contributed by atoms with Crippen molar-refractivity contribution < 1.29 is 0 Å². The largest absolute Gasteiger partial charge is 0.310 e. The van der Waals surface area contributed by atoms with Crippen molar-refractivity contribution in [3.63, 3.8) is 0 Å². The highest BCUT2D eigenvalue weighted by atomic mass is 79.9. The molecule has 0 spiro atoms. The Balaban J connectivity index is 2.17. The number of nitrogens with zero attached hydrogens (tertiary/aromatic N) is 1. The molecule has 3 rings (SSSR count). The van der Waals surface area contributed by atoms with E-state index >= 15 is 0 Å². The van der Waals surface area contributed by atoms with Crippen LogP contribution in [-0.2, 0) is 10.7 Å². The molecule has 3 aromatic rings. The van der Waals surface area contributed by atoms with Crippen molar-refractivity contribution in [2.75, 3.05) is 4.90 Å². The smallest absolute Gasteiger partial charge is 0.0502 e. The third-order valence-electron chi connectivity index (χ3n) is 3.85. The normalized spacial score (nSPS) is 10.7. The molecule has 0 saturated heterocycles. The number of alkyl halides is 2. The van der Waals surface area contributed by atoms with Gasteiger partial charge in [0, 0.05) is 31.0 Å². The van der Waals surface area contributed by atoms with Gasteiger partial charge in [0.1, 0.15) is 0 Å². The van der Waals surface area contributed by atoms with Gasteiger partial charge in [-0.2, -0.15) is 0 Å². The highest BCUT2D eigenvalue weighted by Crippen LogP contribution is 2.38. The third-order valence-corrected chi connectivity index (χ3v) is 6.16. The van der Waals surface area contributed by atoms with E-state index in [1.807, 2.05) is 0 Å². The van der Waals surface area contributed by atoms with Crippen LogP contribution in [0.3, 0.4) is 0 Å². The van der Waals surface area contributed by atoms with Crippen molar-refractivity contribution in [1.29, 1.82) is 0 Å². The number of benzene rings is 3. The van der Waals surface area contributed by atoms with Crippen molar-refractivity contribution in [2.45, 2.75) is 10.7 Å². The van der Waals surface area contributed by atoms with E-state index in [4.69, 9.17) is 0 Å². The summed E-state index contributed by atoms with van der Waals surface area (Å²) in [6.45, 7) is 0. The summed E-state index contributed by atoms with van der Waals surface area (Å²) >= 11 is 14.3. The van der Waals surface area contributed by atoms with Gasteiger partial charge in [-0.05, 0) is 65.7 Å². The summed E-state index contributed by atoms with van der Waals surface area (Å²) < 4.78 is 2.14. The number of hydrogen-bond donors (Lipinski definition) is 0. The van der Waals surface area contributed by atoms with Crippen molar-refractivity contribution in [2.24, 2.45) is 0 Å². The summed E-state index contributed by atoms with van der Waals surface area (Å²) in [5.74, 6) is 0. The number of anilines is 3. The first-order valence-corrected chi connectivity index (χ1v) is 11.5. The van der Waals surface area contributed by atoms with E-state index < -0.39 is 0 Å². The predicted molar refractivity (Wildman–Crippen MR) is 122 cm³/mol. The summed E-state index contributed by atoms with van der Waals surface area (Å²) in [4.78, 5) is 2.29. The Kier molecular flexibility index (Phi) is 6.78. The monoisotopic (exact) mass is 585 g/mol. The molecule has 1 nitrogen and oxygen atoms in total. The van der Waals surface area contributed by atoms with E-state index in [0.717, 1.165) is 31.0 Å². The van der Waals surface area contributed by atoms with E-state index in [2.05, 4.69) is 135 Å². The molecule has 0 bridgehead atoms. The van der Waals surface area contributed by atoms with Crippen molar-refractivity contribution >= 4 is 80.8 Å². The molecule has 25 heavy (non-hydrogen) atoms. The summed E-state index contributed by atoms with van der Waals surface area (Å²) in [5, 5.41) is 1.65. The topological polar surface area (TPSA) is 3.24 Å². The quantitative estimate of drug-likeness (QED) is 0.270. The van der Waals surface area contributed by atoms with Gasteiger partial charge in [0.25, 0.3) is 0 Å². The third kappa shape index (κ3) is 4.57. The number of rotatable bonds is 5. The Morgan fingerprint density at radius 1 is 0.640 bits per heavy atom. The van der Waals surface area contributed by atoms with Crippen LogP contribution in [0.15, 0.2) is 75.7 Å². The predicted octanol–water partition coefficient (Wildman–Crippen LogP) is 8.47. The van der Waals surface area contributed by atoms with Gasteiger partial charge in [0.05, 0.1) is 5.69 Å². The molecule has 0 radical (unpaired) electrons. The summed E-state index contributed by atoms with van der Waals surface area (Å²) in [7, 11) is 0. The first-order valence-electron chi connectivity index (χ1n) is 7.67. The van der Waals surface area contributed by atoms with Crippen LogP contribution in [0.4, 0.5) is 17.1 Å². The van der Waals surface area contributed by atoms with E-state index in [-0.39, 0.29) is 0 Å². The highest BCUT2D eigenvalue weighted by molar-refractivity contribution is 9.10. The number of halogens is 4. The van der Waals surface area contributed by atoms with E-state index in [1.165, 1.54) is 16.8 Å². The van der Waals surface area contributed by atoms with Crippen LogP contribution in [0.2, 0.25) is 0 Å². The molecule has 0 amide bonds. The maximum absolute atomic E-state index is 3.65. The van der Waals surface area contributed by atoms with Gasteiger partial charge in [-0.15, -0.1) is 0 Å². The summed E-state index contributed by atoms with van der Waals surface area (Å²) in [5.41, 5.74) is 5.94. The van der Waals surface area contributed by atoms with Gasteiger partial charge in [0.15, 0.2) is 0 Å². The molecule has 0 aliphatic carbocycles. The fourth-order valence-corrected chi connectivity index (χ4v) is 3.98. The molecule has 3 aromatic carbocycles. The molecule has 5 heteroatoms. The lowest BCUT2D eigenvalue weighted by Crippen LogP contribution is -2.12. The van der Waals surface area contributed by atoms with Crippen molar-refractivity contribution in [3.05, 3.63) is 86.8 Å². The second kappa shape index (κ2) is 8.85. The minimum Gasteiger partial charge on any atom is -0.310 e. The van der Waals surface area contributed by atoms with Gasteiger partial charge in [-0.25, -0.2) is 0 Å². The first-order chi connectivity index (χ1) is 12.1. The first kappa shape index (κ1) is 19.2. The standard InChI is InChI=1S/C20H15Br4N/c21-12-14-1-10-20(15(11-14)13-22)25(18-6-2-16(23)3-7-18)19-8-4-17(24)5-9-19/h1-11H,12-13H2. The Labute approximate surface area is 182 Å². The molecule has 0 aliphatic heterocycles. The Bertz CT molecular complexity index is 799. The minimum atomic E-state index is 0.798. The van der Waals surface area contributed by atoms with E-state index in [9.17, 15) is 0 Å². The van der Waals surface area contributed by atoms with Crippen LogP contribution in [0.5, 0.6) is 0 Å². The second-order valence-corrected chi connectivity index (χ2v) is 8.47. The molecule has 128 valence electrons. The van der Waals surface area contributed by atoms with Crippen LogP contribution in [0, 0.1) is 0 Å². The molecule has 0 unspecified atom stereocenters. The van der Waals surface area contributed by atoms with Crippen LogP contribution >= 0.6 is 63.7 Å². The van der Waals surface area contributed by atoms with Crippen LogP contribution in [-0.4, -0.2) is 0 Å². The average molecular weight is 589 g/mol. The van der Waals surface area contributed by atoms with Gasteiger partial charge in [-0.3, -0.25) is 0 Å². The lowest BCUT2D eigenvalue weighted by Gasteiger charge is -2.28. The Morgan fingerprint density at radius 3 is 1.60 bits per heavy atom. The lowest BCUT2D eigenvalue weighted by atomic mass is 10.1. The van der Waals surface area contributed by atoms with Gasteiger partial charge in [0.2, 0.25) is 0 Å². The van der Waals surface area contributed by atoms with Crippen molar-refractivity contribution in [1.82, 2.24) is 0 Å². The van der Waals surface area contributed by atoms with Crippen molar-refractivity contribution in [3.8, 4) is 0 Å². The van der Waals surface area contributed by atoms with Gasteiger partial charge < -0.3 is 4.90 Å². The number of hydrogen-bond acceptors (Lipinski definition) is 1. The molecule has 0 saturated carbocycles. The summed E-state index contributed by atoms with van der Waals surface area (Å²) in [6.07, 6.45) is 0. The molecular weight excluding hydrogens is 574 g/mol. The molecular formula is C20H15Br4N. The summed E-state index contributed by atoms with van der Waals surface area (Å²) in [6, 6.07) is 23.4. The van der Waals surface area contributed by atoms with Gasteiger partial charge in [-0.1, -0.05) is 75.9 Å². The highest BCUT2D eigenvalue weighted by Gasteiger charge is 2.16. The molecule has 0 aliphatic rings. The average Bonchev–Trinajstić information content (AvgIpc) is 2.65. The zero-order chi connectivity index (χ0) is 17.8. The second-order valence-electron chi connectivity index (χ2n) is 5.52. The maximum atomic E-state index is 3.65. The Hall–Kier alpha value is -0.620. The molecule has 0 aromatic heterocycles. The van der Waals surface area contributed by atoms with E-state index in [0.29, 0.717) is 0 Å².